The van der Waals surface area contributed by atoms with Gasteiger partial charge in [-0.05, 0) is 60.7 Å². The van der Waals surface area contributed by atoms with Gasteiger partial charge in [-0.25, -0.2) is 8.42 Å². The summed E-state index contributed by atoms with van der Waals surface area (Å²) >= 11 is 0. The quantitative estimate of drug-likeness (QED) is 0.233. The van der Waals surface area contributed by atoms with Crippen LogP contribution in [0.5, 0.6) is 5.75 Å². The Morgan fingerprint density at radius 3 is 2.21 bits per heavy atom. The van der Waals surface area contributed by atoms with Gasteiger partial charge >= 0.3 is 0 Å². The summed E-state index contributed by atoms with van der Waals surface area (Å²) in [5, 5.41) is 3.03. The number of anilines is 1. The number of benzene rings is 3. The van der Waals surface area contributed by atoms with Gasteiger partial charge in [-0.3, -0.25) is 13.9 Å². The molecule has 1 N–H and O–H groups in total. The van der Waals surface area contributed by atoms with Gasteiger partial charge in [0.1, 0.15) is 11.8 Å². The fraction of sp³-hybridized carbons (Fsp3) is 0.394. The van der Waals surface area contributed by atoms with Gasteiger partial charge in [0.15, 0.2) is 0 Å². The van der Waals surface area contributed by atoms with Crippen LogP contribution >= 0.6 is 0 Å². The number of rotatable bonds is 16. The fourth-order valence-corrected chi connectivity index (χ4v) is 5.75. The molecule has 42 heavy (non-hydrogen) atoms. The highest BCUT2D eigenvalue weighted by Crippen LogP contribution is 2.23. The lowest BCUT2D eigenvalue weighted by molar-refractivity contribution is -0.141. The van der Waals surface area contributed by atoms with Crippen molar-refractivity contribution >= 4 is 27.5 Å². The molecule has 1 atom stereocenters. The molecule has 0 aliphatic carbocycles. The monoisotopic (exact) mass is 593 g/mol. The zero-order chi connectivity index (χ0) is 30.5. The third-order valence-electron chi connectivity index (χ3n) is 7.22. The van der Waals surface area contributed by atoms with Crippen molar-refractivity contribution in [3.05, 3.63) is 95.6 Å². The van der Waals surface area contributed by atoms with Gasteiger partial charge < -0.3 is 15.0 Å². The van der Waals surface area contributed by atoms with Crippen LogP contribution in [0, 0.1) is 6.92 Å². The lowest BCUT2D eigenvalue weighted by atomic mass is 10.0. The van der Waals surface area contributed by atoms with E-state index in [0.717, 1.165) is 35.8 Å². The van der Waals surface area contributed by atoms with Gasteiger partial charge in [-0.1, -0.05) is 67.9 Å². The molecule has 0 unspecified atom stereocenters. The first-order valence-electron chi connectivity index (χ1n) is 14.4. The van der Waals surface area contributed by atoms with Crippen LogP contribution in [0.1, 0.15) is 49.3 Å². The van der Waals surface area contributed by atoms with Crippen molar-refractivity contribution in [3.8, 4) is 5.75 Å². The van der Waals surface area contributed by atoms with Crippen LogP contribution in [0.4, 0.5) is 5.69 Å². The Hall–Kier alpha value is -3.85. The average molecular weight is 594 g/mol. The van der Waals surface area contributed by atoms with E-state index in [4.69, 9.17) is 4.74 Å². The molecule has 3 aromatic rings. The maximum atomic E-state index is 13.9. The normalized spacial score (nSPS) is 11.9. The molecule has 9 heteroatoms. The molecular weight excluding hydrogens is 550 g/mol. The molecule has 0 fully saturated rings. The van der Waals surface area contributed by atoms with Crippen molar-refractivity contribution in [2.24, 2.45) is 0 Å². The Bertz CT molecular complexity index is 1390. The van der Waals surface area contributed by atoms with E-state index in [1.807, 2.05) is 61.5 Å². The number of sulfonamides is 1. The molecule has 3 aromatic carbocycles. The second kappa shape index (κ2) is 16.0. The summed E-state index contributed by atoms with van der Waals surface area (Å²) in [5.74, 6) is 0.231. The molecule has 0 aliphatic rings. The highest BCUT2D eigenvalue weighted by molar-refractivity contribution is 7.92. The molecule has 0 radical (unpaired) electrons. The molecule has 2 amide bonds. The first-order chi connectivity index (χ1) is 20.1. The number of nitrogens with zero attached hydrogens (tertiary/aromatic N) is 2. The predicted octanol–water partition coefficient (Wildman–Crippen LogP) is 5.11. The van der Waals surface area contributed by atoms with E-state index in [0.29, 0.717) is 24.4 Å². The number of ether oxygens (including phenoxy) is 1. The number of methoxy groups -OCH3 is 1. The molecule has 0 bridgehead atoms. The second-order valence-corrected chi connectivity index (χ2v) is 12.3. The van der Waals surface area contributed by atoms with Gasteiger partial charge in [0.05, 0.1) is 19.1 Å². The molecule has 0 saturated heterocycles. The zero-order valence-corrected chi connectivity index (χ0v) is 25.9. The summed E-state index contributed by atoms with van der Waals surface area (Å²) in [7, 11) is -2.04. The Morgan fingerprint density at radius 1 is 0.929 bits per heavy atom. The minimum Gasteiger partial charge on any atom is -0.497 e. The summed E-state index contributed by atoms with van der Waals surface area (Å²) in [6.07, 6.45) is 3.69. The number of hydrogen-bond acceptors (Lipinski definition) is 5. The summed E-state index contributed by atoms with van der Waals surface area (Å²) in [5.41, 5.74) is 3.45. The van der Waals surface area contributed by atoms with Crippen LogP contribution < -0.4 is 14.4 Å². The minimum absolute atomic E-state index is 0.0849. The van der Waals surface area contributed by atoms with Crippen molar-refractivity contribution in [2.45, 2.75) is 58.5 Å². The minimum atomic E-state index is -3.59. The third kappa shape index (κ3) is 9.62. The van der Waals surface area contributed by atoms with E-state index in [-0.39, 0.29) is 37.7 Å². The lowest BCUT2D eigenvalue weighted by Gasteiger charge is -2.32. The fourth-order valence-electron chi connectivity index (χ4n) is 4.78. The SMILES string of the molecule is CCCCNC(=O)[C@H](Cc1ccccc1)N(Cc1ccccc1C)C(=O)CCCN(c1ccc(OC)cc1)S(C)(=O)=O. The molecule has 226 valence electrons. The van der Waals surface area contributed by atoms with Gasteiger partial charge in [-0.2, -0.15) is 0 Å². The maximum absolute atomic E-state index is 13.9. The van der Waals surface area contributed by atoms with Crippen molar-refractivity contribution in [2.75, 3.05) is 30.8 Å². The van der Waals surface area contributed by atoms with Crippen LogP contribution in [-0.4, -0.2) is 57.6 Å². The summed E-state index contributed by atoms with van der Waals surface area (Å²) in [6.45, 7) is 5.00. The number of carbonyl (C=O) groups excluding carboxylic acids is 2. The van der Waals surface area contributed by atoms with Gasteiger partial charge in [0.2, 0.25) is 21.8 Å². The topological polar surface area (TPSA) is 96.0 Å². The standard InChI is InChI=1S/C33H43N3O5S/c1-5-6-22-34-33(38)31(24-27-14-8-7-9-15-27)35(25-28-16-11-10-13-26(28)2)32(37)17-12-23-36(42(4,39)40)29-18-20-30(41-3)21-19-29/h7-11,13-16,18-21,31H,5-6,12,17,22-25H2,1-4H3,(H,34,38)/t31-/m0/s1. The highest BCUT2D eigenvalue weighted by atomic mass is 32.2. The number of carbonyl (C=O) groups is 2. The van der Waals surface area contributed by atoms with Crippen LogP contribution in [0.2, 0.25) is 0 Å². The molecule has 0 heterocycles. The average Bonchev–Trinajstić information content (AvgIpc) is 2.98. The summed E-state index contributed by atoms with van der Waals surface area (Å²) in [6, 6.07) is 23.6. The van der Waals surface area contributed by atoms with E-state index >= 15 is 0 Å². The van der Waals surface area contributed by atoms with E-state index < -0.39 is 16.1 Å². The lowest BCUT2D eigenvalue weighted by Crippen LogP contribution is -2.50. The first kappa shape index (κ1) is 32.7. The van der Waals surface area contributed by atoms with E-state index in [1.165, 1.54) is 4.31 Å². The number of unbranched alkanes of at least 4 members (excludes halogenated alkanes) is 1. The Morgan fingerprint density at radius 2 is 1.60 bits per heavy atom. The van der Waals surface area contributed by atoms with E-state index in [1.54, 1.807) is 36.3 Å². The molecule has 0 saturated carbocycles. The van der Waals surface area contributed by atoms with Crippen molar-refractivity contribution in [1.82, 2.24) is 10.2 Å². The molecule has 0 aromatic heterocycles. The summed E-state index contributed by atoms with van der Waals surface area (Å²) < 4.78 is 31.8. The number of aryl methyl sites for hydroxylation is 1. The summed E-state index contributed by atoms with van der Waals surface area (Å²) in [4.78, 5) is 29.2. The number of hydrogen-bond donors (Lipinski definition) is 1. The predicted molar refractivity (Wildman–Crippen MR) is 168 cm³/mol. The molecule has 0 spiro atoms. The Kier molecular flexibility index (Phi) is 12.4. The zero-order valence-electron chi connectivity index (χ0n) is 25.1. The third-order valence-corrected chi connectivity index (χ3v) is 8.41. The van der Waals surface area contributed by atoms with Crippen molar-refractivity contribution in [1.29, 1.82) is 0 Å². The number of amides is 2. The number of nitrogens with one attached hydrogen (secondary N) is 1. The Balaban J connectivity index is 1.87. The smallest absolute Gasteiger partial charge is 0.243 e. The molecule has 3 rings (SSSR count). The maximum Gasteiger partial charge on any atom is 0.243 e. The van der Waals surface area contributed by atoms with E-state index in [2.05, 4.69) is 12.2 Å². The van der Waals surface area contributed by atoms with Crippen LogP contribution in [0.3, 0.4) is 0 Å². The van der Waals surface area contributed by atoms with Gasteiger partial charge in [-0.15, -0.1) is 0 Å². The van der Waals surface area contributed by atoms with Crippen molar-refractivity contribution in [3.63, 3.8) is 0 Å². The van der Waals surface area contributed by atoms with Crippen LogP contribution in [0.25, 0.3) is 0 Å². The van der Waals surface area contributed by atoms with Gasteiger partial charge in [0, 0.05) is 32.5 Å². The van der Waals surface area contributed by atoms with Crippen LogP contribution in [0.15, 0.2) is 78.9 Å². The van der Waals surface area contributed by atoms with Gasteiger partial charge in [0.25, 0.3) is 0 Å². The second-order valence-electron chi connectivity index (χ2n) is 10.4. The van der Waals surface area contributed by atoms with Crippen LogP contribution in [-0.2, 0) is 32.6 Å². The molecule has 0 aliphatic heterocycles. The Labute approximate surface area is 250 Å². The van der Waals surface area contributed by atoms with Crippen molar-refractivity contribution < 1.29 is 22.7 Å². The molecule has 8 nitrogen and oxygen atoms in total. The van der Waals surface area contributed by atoms with E-state index in [9.17, 15) is 18.0 Å². The largest absolute Gasteiger partial charge is 0.497 e. The first-order valence-corrected chi connectivity index (χ1v) is 16.3. The molecular formula is C33H43N3O5S. The highest BCUT2D eigenvalue weighted by Gasteiger charge is 2.30.